The van der Waals surface area contributed by atoms with E-state index in [1.165, 1.54) is 6.07 Å². The Morgan fingerprint density at radius 1 is 1.56 bits per heavy atom. The van der Waals surface area contributed by atoms with Gasteiger partial charge in [0.05, 0.1) is 18.4 Å². The predicted octanol–water partition coefficient (Wildman–Crippen LogP) is 0.782. The Bertz CT molecular complexity index is 471. The zero-order valence-corrected chi connectivity index (χ0v) is 11.1. The second kappa shape index (κ2) is 6.39. The van der Waals surface area contributed by atoms with Crippen LogP contribution in [0.3, 0.4) is 0 Å². The Hall–Kier alpha value is -1.56. The van der Waals surface area contributed by atoms with Gasteiger partial charge in [0.15, 0.2) is 5.38 Å². The van der Waals surface area contributed by atoms with Crippen molar-refractivity contribution in [3.8, 4) is 0 Å². The first kappa shape index (κ1) is 14.5. The maximum atomic E-state index is 11.8. The van der Waals surface area contributed by atoms with Gasteiger partial charge in [0.1, 0.15) is 0 Å². The minimum atomic E-state index is -1.17. The van der Waals surface area contributed by atoms with Crippen LogP contribution in [0.2, 0.25) is 0 Å². The molecule has 0 radical (unpaired) electrons. The number of hydrogen-bond acceptors (Lipinski definition) is 4. The second-order valence-electron chi connectivity index (χ2n) is 3.71. The number of carbonyl (C=O) groups is 1. The van der Waals surface area contributed by atoms with Crippen LogP contribution in [0.1, 0.15) is 13.8 Å². The van der Waals surface area contributed by atoms with E-state index in [1.807, 2.05) is 18.7 Å². The summed E-state index contributed by atoms with van der Waals surface area (Å²) in [7, 11) is 0. The highest BCUT2D eigenvalue weighted by atomic mass is 35.5. The summed E-state index contributed by atoms with van der Waals surface area (Å²) in [5, 5.41) is 11.4. The normalized spacial score (nSPS) is 12.2. The van der Waals surface area contributed by atoms with E-state index < -0.39 is 11.3 Å². The molecule has 1 heterocycles. The molecule has 0 fully saturated rings. The summed E-state index contributed by atoms with van der Waals surface area (Å²) in [6.07, 6.45) is 1.54. The van der Waals surface area contributed by atoms with E-state index in [1.54, 1.807) is 6.20 Å². The summed E-state index contributed by atoms with van der Waals surface area (Å²) in [6.45, 7) is 5.36. The summed E-state index contributed by atoms with van der Waals surface area (Å²) in [4.78, 5) is 24.3. The third-order valence-electron chi connectivity index (χ3n) is 2.58. The molecule has 0 aliphatic carbocycles. The summed E-state index contributed by atoms with van der Waals surface area (Å²) in [5.41, 5.74) is 0.369. The van der Waals surface area contributed by atoms with Crippen LogP contribution in [0.25, 0.3) is 0 Å². The first-order valence-electron chi connectivity index (χ1n) is 5.68. The number of anilines is 1. The number of alkyl halides is 1. The molecule has 1 aromatic rings. The molecular formula is C11H16ClN3O3. The van der Waals surface area contributed by atoms with Crippen molar-refractivity contribution in [1.82, 2.24) is 9.78 Å². The smallest absolute Gasteiger partial charge is 0.323 e. The summed E-state index contributed by atoms with van der Waals surface area (Å²) >= 11 is 5.57. The molecule has 1 unspecified atom stereocenters. The zero-order chi connectivity index (χ0) is 13.7. The molecule has 0 saturated carbocycles. The number of carboxylic acids is 1. The average molecular weight is 274 g/mol. The molecule has 0 aliphatic heterocycles. The van der Waals surface area contributed by atoms with E-state index in [2.05, 4.69) is 5.10 Å². The Labute approximate surface area is 110 Å². The van der Waals surface area contributed by atoms with Crippen molar-refractivity contribution in [2.45, 2.75) is 25.8 Å². The first-order chi connectivity index (χ1) is 8.49. The molecule has 1 N–H and O–H groups in total. The maximum absolute atomic E-state index is 11.8. The van der Waals surface area contributed by atoms with E-state index in [0.717, 1.165) is 23.5 Å². The van der Waals surface area contributed by atoms with Crippen LogP contribution in [-0.2, 0) is 11.3 Å². The molecule has 0 saturated heterocycles. The summed E-state index contributed by atoms with van der Waals surface area (Å²) in [5.74, 6) is -1.17. The number of carboxylic acid groups (broad SMARTS) is 1. The van der Waals surface area contributed by atoms with Crippen molar-refractivity contribution < 1.29 is 9.90 Å². The highest BCUT2D eigenvalue weighted by molar-refractivity contribution is 6.29. The Morgan fingerprint density at radius 3 is 2.61 bits per heavy atom. The van der Waals surface area contributed by atoms with Crippen molar-refractivity contribution in [2.75, 3.05) is 18.0 Å². The maximum Gasteiger partial charge on any atom is 0.323 e. The van der Waals surface area contributed by atoms with Gasteiger partial charge in [-0.05, 0) is 13.8 Å². The SMILES string of the molecule is CCN(CC)c1cnn(CC(Cl)C(=O)O)c(=O)c1. The Balaban J connectivity index is 2.93. The summed E-state index contributed by atoms with van der Waals surface area (Å²) < 4.78 is 1.05. The van der Waals surface area contributed by atoms with Gasteiger partial charge >= 0.3 is 5.97 Å². The fourth-order valence-electron chi connectivity index (χ4n) is 1.55. The lowest BCUT2D eigenvalue weighted by molar-refractivity contribution is -0.136. The van der Waals surface area contributed by atoms with Crippen molar-refractivity contribution >= 4 is 23.3 Å². The van der Waals surface area contributed by atoms with Gasteiger partial charge in [-0.25, -0.2) is 4.68 Å². The molecule has 0 spiro atoms. The molecule has 0 aliphatic rings. The molecule has 100 valence electrons. The quantitative estimate of drug-likeness (QED) is 0.775. The number of aromatic nitrogens is 2. The molecule has 1 rings (SSSR count). The minimum Gasteiger partial charge on any atom is -0.480 e. The van der Waals surface area contributed by atoms with E-state index in [0.29, 0.717) is 0 Å². The Morgan fingerprint density at radius 2 is 2.17 bits per heavy atom. The average Bonchev–Trinajstić information content (AvgIpc) is 2.33. The lowest BCUT2D eigenvalue weighted by Gasteiger charge is -2.20. The zero-order valence-electron chi connectivity index (χ0n) is 10.3. The highest BCUT2D eigenvalue weighted by Crippen LogP contribution is 2.08. The van der Waals surface area contributed by atoms with E-state index >= 15 is 0 Å². The molecule has 1 aromatic heterocycles. The van der Waals surface area contributed by atoms with Gasteiger partial charge < -0.3 is 10.0 Å². The van der Waals surface area contributed by atoms with Gasteiger partial charge in [-0.1, -0.05) is 0 Å². The van der Waals surface area contributed by atoms with Crippen LogP contribution >= 0.6 is 11.6 Å². The number of halogens is 1. The van der Waals surface area contributed by atoms with Crippen molar-refractivity contribution in [2.24, 2.45) is 0 Å². The molecule has 6 nitrogen and oxygen atoms in total. The third kappa shape index (κ3) is 3.46. The highest BCUT2D eigenvalue weighted by Gasteiger charge is 2.16. The molecule has 7 heteroatoms. The van der Waals surface area contributed by atoms with Crippen LogP contribution in [0.4, 0.5) is 5.69 Å². The second-order valence-corrected chi connectivity index (χ2v) is 4.24. The fourth-order valence-corrected chi connectivity index (χ4v) is 1.68. The van der Waals surface area contributed by atoms with Gasteiger partial charge in [0.2, 0.25) is 0 Å². The third-order valence-corrected chi connectivity index (χ3v) is 2.91. The van der Waals surface area contributed by atoms with Crippen LogP contribution < -0.4 is 10.5 Å². The molecule has 0 amide bonds. The van der Waals surface area contributed by atoms with Gasteiger partial charge in [-0.15, -0.1) is 11.6 Å². The number of aliphatic carboxylic acids is 1. The van der Waals surface area contributed by atoms with Gasteiger partial charge in [0, 0.05) is 19.2 Å². The van der Waals surface area contributed by atoms with Crippen LogP contribution in [0.5, 0.6) is 0 Å². The number of hydrogen-bond donors (Lipinski definition) is 1. The van der Waals surface area contributed by atoms with Crippen LogP contribution in [0.15, 0.2) is 17.1 Å². The lowest BCUT2D eigenvalue weighted by Crippen LogP contribution is -2.31. The first-order valence-corrected chi connectivity index (χ1v) is 6.12. The largest absolute Gasteiger partial charge is 0.480 e. The van der Waals surface area contributed by atoms with Crippen molar-refractivity contribution in [3.63, 3.8) is 0 Å². The lowest BCUT2D eigenvalue weighted by atomic mass is 10.3. The standard InChI is InChI=1S/C11H16ClN3O3/c1-3-14(4-2)8-5-10(16)15(13-6-8)7-9(12)11(17)18/h5-6,9H,3-4,7H2,1-2H3,(H,17,18). The summed E-state index contributed by atoms with van der Waals surface area (Å²) in [6, 6.07) is 1.44. The fraction of sp³-hybridized carbons (Fsp3) is 0.545. The predicted molar refractivity (Wildman–Crippen MR) is 69.3 cm³/mol. The molecule has 18 heavy (non-hydrogen) atoms. The molecule has 0 aromatic carbocycles. The molecule has 1 atom stereocenters. The molecular weight excluding hydrogens is 258 g/mol. The van der Waals surface area contributed by atoms with E-state index in [4.69, 9.17) is 16.7 Å². The topological polar surface area (TPSA) is 75.4 Å². The minimum absolute atomic E-state index is 0.145. The van der Waals surface area contributed by atoms with Crippen molar-refractivity contribution in [3.05, 3.63) is 22.6 Å². The molecule has 0 bridgehead atoms. The van der Waals surface area contributed by atoms with Crippen LogP contribution in [0, 0.1) is 0 Å². The van der Waals surface area contributed by atoms with E-state index in [9.17, 15) is 9.59 Å². The van der Waals surface area contributed by atoms with Gasteiger partial charge in [0.25, 0.3) is 5.56 Å². The number of rotatable bonds is 6. The van der Waals surface area contributed by atoms with E-state index in [-0.39, 0.29) is 12.1 Å². The Kier molecular flexibility index (Phi) is 5.15. The number of nitrogens with zero attached hydrogens (tertiary/aromatic N) is 3. The monoisotopic (exact) mass is 273 g/mol. The van der Waals surface area contributed by atoms with Crippen molar-refractivity contribution in [1.29, 1.82) is 0 Å². The van der Waals surface area contributed by atoms with Gasteiger partial charge in [-0.2, -0.15) is 5.10 Å². The van der Waals surface area contributed by atoms with Gasteiger partial charge in [-0.3, -0.25) is 9.59 Å². The van der Waals surface area contributed by atoms with Crippen LogP contribution in [-0.4, -0.2) is 39.3 Å².